The first-order valence-electron chi connectivity index (χ1n) is 11.2. The standard InChI is InChI=1S/C26H31N3O5/c1-5-34-25(33)22-15-18-14-19(30)11-12-21(18)29(22)16-23(31)27-20(24(32)28-26(2,3)4)13-17-9-7-6-8-10-17/h6-12,14-15,20,30H,5,13,16H2,1-4H3,(H,27,31)(H,28,32)/t20-/m0/s1. The SMILES string of the molecule is CCOC(=O)c1cc2cc(O)ccc2n1CC(=O)N[C@@H](Cc1ccccc1)C(=O)NC(C)(C)C. The lowest BCUT2D eigenvalue weighted by Crippen LogP contribution is -2.53. The van der Waals surface area contributed by atoms with Crippen LogP contribution in [-0.2, 0) is 27.3 Å². The molecule has 0 aliphatic carbocycles. The average molecular weight is 466 g/mol. The van der Waals surface area contributed by atoms with Crippen molar-refractivity contribution in [3.8, 4) is 5.75 Å². The van der Waals surface area contributed by atoms with Gasteiger partial charge in [-0.15, -0.1) is 0 Å². The highest BCUT2D eigenvalue weighted by Gasteiger charge is 2.26. The van der Waals surface area contributed by atoms with Crippen molar-refractivity contribution in [1.82, 2.24) is 15.2 Å². The molecule has 1 atom stereocenters. The molecule has 1 heterocycles. The molecule has 2 amide bonds. The van der Waals surface area contributed by atoms with Crippen molar-refractivity contribution < 1.29 is 24.2 Å². The molecule has 1 aromatic heterocycles. The van der Waals surface area contributed by atoms with E-state index < -0.39 is 23.5 Å². The van der Waals surface area contributed by atoms with E-state index in [9.17, 15) is 19.5 Å². The van der Waals surface area contributed by atoms with E-state index >= 15 is 0 Å². The van der Waals surface area contributed by atoms with Crippen molar-refractivity contribution in [2.24, 2.45) is 0 Å². The number of benzene rings is 2. The summed E-state index contributed by atoms with van der Waals surface area (Å²) in [6.45, 7) is 7.31. The van der Waals surface area contributed by atoms with Crippen LogP contribution in [0.2, 0.25) is 0 Å². The lowest BCUT2D eigenvalue weighted by atomic mass is 10.0. The van der Waals surface area contributed by atoms with Crippen LogP contribution >= 0.6 is 0 Å². The zero-order valence-corrected chi connectivity index (χ0v) is 19.9. The van der Waals surface area contributed by atoms with Gasteiger partial charge in [-0.3, -0.25) is 9.59 Å². The number of nitrogens with one attached hydrogen (secondary N) is 2. The van der Waals surface area contributed by atoms with Crippen molar-refractivity contribution in [2.45, 2.75) is 52.2 Å². The molecule has 180 valence electrons. The van der Waals surface area contributed by atoms with E-state index in [2.05, 4.69) is 10.6 Å². The minimum absolute atomic E-state index is 0.0475. The van der Waals surface area contributed by atoms with Gasteiger partial charge in [0, 0.05) is 22.9 Å². The van der Waals surface area contributed by atoms with Gasteiger partial charge in [-0.1, -0.05) is 30.3 Å². The van der Waals surface area contributed by atoms with Gasteiger partial charge in [0.25, 0.3) is 0 Å². The van der Waals surface area contributed by atoms with E-state index in [1.54, 1.807) is 19.1 Å². The zero-order chi connectivity index (χ0) is 24.9. The van der Waals surface area contributed by atoms with Crippen LogP contribution in [0.3, 0.4) is 0 Å². The monoisotopic (exact) mass is 465 g/mol. The highest BCUT2D eigenvalue weighted by Crippen LogP contribution is 2.25. The van der Waals surface area contributed by atoms with Gasteiger partial charge in [0.1, 0.15) is 24.0 Å². The molecule has 0 bridgehead atoms. The second-order valence-corrected chi connectivity index (χ2v) is 9.13. The molecule has 2 aromatic carbocycles. The minimum Gasteiger partial charge on any atom is -0.508 e. The van der Waals surface area contributed by atoms with Crippen LogP contribution in [0.15, 0.2) is 54.6 Å². The Morgan fingerprint density at radius 1 is 1.06 bits per heavy atom. The molecule has 0 aliphatic heterocycles. The lowest BCUT2D eigenvalue weighted by Gasteiger charge is -2.26. The number of rotatable bonds is 8. The minimum atomic E-state index is -0.800. The molecule has 0 radical (unpaired) electrons. The van der Waals surface area contributed by atoms with Crippen LogP contribution in [0, 0.1) is 0 Å². The summed E-state index contributed by atoms with van der Waals surface area (Å²) in [6, 6.07) is 14.9. The molecule has 0 fully saturated rings. The maximum atomic E-state index is 13.1. The Morgan fingerprint density at radius 3 is 2.41 bits per heavy atom. The largest absolute Gasteiger partial charge is 0.508 e. The van der Waals surface area contributed by atoms with Gasteiger partial charge in [-0.05, 0) is 57.5 Å². The van der Waals surface area contributed by atoms with Crippen molar-refractivity contribution in [1.29, 1.82) is 0 Å². The van der Waals surface area contributed by atoms with Crippen LogP contribution in [0.5, 0.6) is 5.75 Å². The van der Waals surface area contributed by atoms with Crippen molar-refractivity contribution >= 4 is 28.7 Å². The van der Waals surface area contributed by atoms with Gasteiger partial charge in [-0.2, -0.15) is 0 Å². The summed E-state index contributed by atoms with van der Waals surface area (Å²) in [7, 11) is 0. The molecule has 3 aromatic rings. The molecule has 0 saturated heterocycles. The summed E-state index contributed by atoms with van der Waals surface area (Å²) in [4.78, 5) is 38.6. The van der Waals surface area contributed by atoms with Gasteiger partial charge in [0.2, 0.25) is 11.8 Å². The van der Waals surface area contributed by atoms with Crippen molar-refractivity contribution in [3.05, 3.63) is 65.9 Å². The van der Waals surface area contributed by atoms with Gasteiger partial charge in [0.15, 0.2) is 0 Å². The third-order valence-electron chi connectivity index (χ3n) is 5.10. The summed E-state index contributed by atoms with van der Waals surface area (Å²) in [5.41, 5.74) is 1.23. The predicted molar refractivity (Wildman–Crippen MR) is 130 cm³/mol. The number of aromatic nitrogens is 1. The first-order valence-corrected chi connectivity index (χ1v) is 11.2. The maximum absolute atomic E-state index is 13.1. The van der Waals surface area contributed by atoms with Crippen LogP contribution in [0.1, 0.15) is 43.7 Å². The number of carbonyl (C=O) groups is 3. The number of hydrogen-bond donors (Lipinski definition) is 3. The molecule has 8 heteroatoms. The Morgan fingerprint density at radius 2 is 1.76 bits per heavy atom. The quantitative estimate of drug-likeness (QED) is 0.443. The summed E-state index contributed by atoms with van der Waals surface area (Å²) < 4.78 is 6.68. The number of aromatic hydroxyl groups is 1. The van der Waals surface area contributed by atoms with E-state index in [4.69, 9.17) is 4.74 Å². The fourth-order valence-corrected chi connectivity index (χ4v) is 3.70. The second-order valence-electron chi connectivity index (χ2n) is 9.13. The Balaban J connectivity index is 1.87. The molecular weight excluding hydrogens is 434 g/mol. The fraction of sp³-hybridized carbons (Fsp3) is 0.346. The highest BCUT2D eigenvalue weighted by molar-refractivity contribution is 5.97. The molecule has 0 unspecified atom stereocenters. The molecular formula is C26H31N3O5. The number of esters is 1. The van der Waals surface area contributed by atoms with Crippen molar-refractivity contribution in [2.75, 3.05) is 6.61 Å². The Labute approximate surface area is 198 Å². The molecule has 8 nitrogen and oxygen atoms in total. The van der Waals surface area contributed by atoms with Crippen LogP contribution in [0.25, 0.3) is 10.9 Å². The van der Waals surface area contributed by atoms with Gasteiger partial charge in [-0.25, -0.2) is 4.79 Å². The number of phenols is 1. The van der Waals surface area contributed by atoms with Crippen LogP contribution in [0.4, 0.5) is 0 Å². The van der Waals surface area contributed by atoms with E-state index in [0.717, 1.165) is 5.56 Å². The van der Waals surface area contributed by atoms with Crippen molar-refractivity contribution in [3.63, 3.8) is 0 Å². The molecule has 0 aliphatic rings. The molecule has 3 rings (SSSR count). The molecule has 34 heavy (non-hydrogen) atoms. The number of carbonyl (C=O) groups excluding carboxylic acids is 3. The smallest absolute Gasteiger partial charge is 0.354 e. The fourth-order valence-electron chi connectivity index (χ4n) is 3.70. The number of hydrogen-bond acceptors (Lipinski definition) is 5. The Bertz CT molecular complexity index is 1180. The van der Waals surface area contributed by atoms with Gasteiger partial charge < -0.3 is 25.0 Å². The highest BCUT2D eigenvalue weighted by atomic mass is 16.5. The summed E-state index contributed by atoms with van der Waals surface area (Å²) >= 11 is 0. The lowest BCUT2D eigenvalue weighted by molar-refractivity contribution is -0.130. The third-order valence-corrected chi connectivity index (χ3v) is 5.10. The van der Waals surface area contributed by atoms with E-state index in [0.29, 0.717) is 17.3 Å². The summed E-state index contributed by atoms with van der Waals surface area (Å²) in [5, 5.41) is 16.2. The second kappa shape index (κ2) is 10.4. The number of ether oxygens (including phenoxy) is 1. The Kier molecular flexibility index (Phi) is 7.61. The normalized spacial score (nSPS) is 12.2. The van der Waals surface area contributed by atoms with E-state index in [-0.39, 0.29) is 30.5 Å². The first kappa shape index (κ1) is 24.8. The Hall–Kier alpha value is -3.81. The van der Waals surface area contributed by atoms with Gasteiger partial charge in [0.05, 0.1) is 6.61 Å². The molecule has 3 N–H and O–H groups in total. The molecule has 0 spiro atoms. The number of nitrogens with zero attached hydrogens (tertiary/aromatic N) is 1. The van der Waals surface area contributed by atoms with E-state index in [1.807, 2.05) is 51.1 Å². The topological polar surface area (TPSA) is 110 Å². The first-order chi connectivity index (χ1) is 16.1. The number of phenolic OH excluding ortho intramolecular Hbond substituents is 1. The van der Waals surface area contributed by atoms with E-state index in [1.165, 1.54) is 16.7 Å². The number of amides is 2. The summed E-state index contributed by atoms with van der Waals surface area (Å²) in [5.74, 6) is -1.25. The third kappa shape index (κ3) is 6.37. The maximum Gasteiger partial charge on any atom is 0.354 e. The van der Waals surface area contributed by atoms with Gasteiger partial charge >= 0.3 is 5.97 Å². The summed E-state index contributed by atoms with van der Waals surface area (Å²) in [6.07, 6.45) is 0.319. The zero-order valence-electron chi connectivity index (χ0n) is 19.9. The van der Waals surface area contributed by atoms with Crippen LogP contribution < -0.4 is 10.6 Å². The number of fused-ring (bicyclic) bond motifs is 1. The predicted octanol–water partition coefficient (Wildman–Crippen LogP) is 3.17. The molecule has 0 saturated carbocycles. The van der Waals surface area contributed by atoms with Crippen LogP contribution in [-0.4, -0.2) is 45.6 Å². The average Bonchev–Trinajstić information content (AvgIpc) is 3.10.